The Morgan fingerprint density at radius 3 is 2.24 bits per heavy atom. The number of hydrogen-bond donors (Lipinski definition) is 1. The highest BCUT2D eigenvalue weighted by molar-refractivity contribution is 6.36. The van der Waals surface area contributed by atoms with Crippen LogP contribution in [0.2, 0.25) is 10.0 Å². The van der Waals surface area contributed by atoms with Crippen LogP contribution in [-0.2, 0) is 0 Å². The monoisotopic (exact) mass is 273 g/mol. The fourth-order valence-electron chi connectivity index (χ4n) is 1.48. The molecular weight excluding hydrogens is 267 g/mol. The minimum Gasteiger partial charge on any atom is -0.396 e. The number of hydrogen-bond acceptors (Lipinski definition) is 1. The smallest absolute Gasteiger partial charge is 0.146 e. The number of benzene rings is 2. The Kier molecular flexibility index (Phi) is 3.22. The zero-order chi connectivity index (χ0) is 12.6. The molecule has 0 radical (unpaired) electrons. The third-order valence-electron chi connectivity index (χ3n) is 2.31. The SMILES string of the molecule is Nc1cc(F)c(-c2ccc(Cl)cc2Cl)cc1F. The van der Waals surface area contributed by atoms with Gasteiger partial charge in [0.2, 0.25) is 0 Å². The van der Waals surface area contributed by atoms with E-state index >= 15 is 0 Å². The predicted molar refractivity (Wildman–Crippen MR) is 66.2 cm³/mol. The van der Waals surface area contributed by atoms with Gasteiger partial charge in [0, 0.05) is 27.2 Å². The molecule has 0 heterocycles. The Morgan fingerprint density at radius 2 is 1.59 bits per heavy atom. The maximum absolute atomic E-state index is 13.7. The molecule has 0 bridgehead atoms. The van der Waals surface area contributed by atoms with Gasteiger partial charge in [-0.15, -0.1) is 0 Å². The zero-order valence-corrected chi connectivity index (χ0v) is 9.99. The molecule has 88 valence electrons. The number of rotatable bonds is 1. The number of nitrogen functional groups attached to an aromatic ring is 1. The van der Waals surface area contributed by atoms with Crippen LogP contribution in [0.5, 0.6) is 0 Å². The van der Waals surface area contributed by atoms with Gasteiger partial charge in [0.05, 0.1) is 5.69 Å². The molecule has 2 N–H and O–H groups in total. The summed E-state index contributed by atoms with van der Waals surface area (Å²) in [4.78, 5) is 0. The molecule has 0 aliphatic carbocycles. The van der Waals surface area contributed by atoms with Crippen molar-refractivity contribution in [2.24, 2.45) is 0 Å². The molecule has 2 aromatic rings. The number of anilines is 1. The van der Waals surface area contributed by atoms with Gasteiger partial charge in [-0.3, -0.25) is 0 Å². The van der Waals surface area contributed by atoms with E-state index in [1.807, 2.05) is 0 Å². The predicted octanol–water partition coefficient (Wildman–Crippen LogP) is 4.52. The van der Waals surface area contributed by atoms with Crippen LogP contribution in [0.4, 0.5) is 14.5 Å². The summed E-state index contributed by atoms with van der Waals surface area (Å²) in [5.41, 5.74) is 5.44. The molecular formula is C12H7Cl2F2N. The van der Waals surface area contributed by atoms with Gasteiger partial charge in [-0.05, 0) is 18.2 Å². The maximum atomic E-state index is 13.7. The van der Waals surface area contributed by atoms with E-state index in [0.29, 0.717) is 10.6 Å². The largest absolute Gasteiger partial charge is 0.396 e. The van der Waals surface area contributed by atoms with Crippen LogP contribution < -0.4 is 5.73 Å². The second-order valence-corrected chi connectivity index (χ2v) is 4.32. The third kappa shape index (κ3) is 2.35. The second kappa shape index (κ2) is 4.51. The summed E-state index contributed by atoms with van der Waals surface area (Å²) in [6.45, 7) is 0. The molecule has 0 saturated carbocycles. The van der Waals surface area contributed by atoms with Gasteiger partial charge in [0.15, 0.2) is 0 Å². The molecule has 0 fully saturated rings. The van der Waals surface area contributed by atoms with E-state index in [0.717, 1.165) is 12.1 Å². The van der Waals surface area contributed by atoms with Gasteiger partial charge in [-0.2, -0.15) is 0 Å². The maximum Gasteiger partial charge on any atom is 0.146 e. The summed E-state index contributed by atoms with van der Waals surface area (Å²) in [6.07, 6.45) is 0. The van der Waals surface area contributed by atoms with Gasteiger partial charge in [0.1, 0.15) is 11.6 Å². The van der Waals surface area contributed by atoms with E-state index in [-0.39, 0.29) is 16.3 Å². The van der Waals surface area contributed by atoms with Crippen LogP contribution in [-0.4, -0.2) is 0 Å². The molecule has 0 aliphatic rings. The van der Waals surface area contributed by atoms with Crippen molar-refractivity contribution in [3.63, 3.8) is 0 Å². The van der Waals surface area contributed by atoms with Crippen molar-refractivity contribution in [1.82, 2.24) is 0 Å². The van der Waals surface area contributed by atoms with Crippen LogP contribution in [0.1, 0.15) is 0 Å². The lowest BCUT2D eigenvalue weighted by molar-refractivity contribution is 0.607. The lowest BCUT2D eigenvalue weighted by atomic mass is 10.0. The topological polar surface area (TPSA) is 26.0 Å². The molecule has 0 amide bonds. The molecule has 0 atom stereocenters. The third-order valence-corrected chi connectivity index (χ3v) is 2.86. The molecule has 1 nitrogen and oxygen atoms in total. The molecule has 2 aromatic carbocycles. The molecule has 17 heavy (non-hydrogen) atoms. The van der Waals surface area contributed by atoms with Crippen molar-refractivity contribution in [2.45, 2.75) is 0 Å². The minimum atomic E-state index is -0.688. The van der Waals surface area contributed by atoms with Gasteiger partial charge in [0.25, 0.3) is 0 Å². The first-order valence-electron chi connectivity index (χ1n) is 4.69. The lowest BCUT2D eigenvalue weighted by Gasteiger charge is -2.08. The quantitative estimate of drug-likeness (QED) is 0.760. The summed E-state index contributed by atoms with van der Waals surface area (Å²) in [6, 6.07) is 6.48. The van der Waals surface area contributed by atoms with E-state index in [4.69, 9.17) is 28.9 Å². The fourth-order valence-corrected chi connectivity index (χ4v) is 1.99. The van der Waals surface area contributed by atoms with Gasteiger partial charge in [-0.25, -0.2) is 8.78 Å². The van der Waals surface area contributed by atoms with Crippen LogP contribution >= 0.6 is 23.2 Å². The fraction of sp³-hybridized carbons (Fsp3) is 0. The van der Waals surface area contributed by atoms with E-state index in [9.17, 15) is 8.78 Å². The summed E-state index contributed by atoms with van der Waals surface area (Å²) in [5.74, 6) is -1.32. The molecule has 0 aliphatic heterocycles. The minimum absolute atomic E-state index is 0.0540. The average Bonchev–Trinajstić information content (AvgIpc) is 2.24. The molecule has 0 saturated heterocycles. The Hall–Kier alpha value is -1.32. The Balaban J connectivity index is 2.64. The standard InChI is InChI=1S/C12H7Cl2F2N/c13-6-1-2-7(9(14)3-6)8-4-11(16)12(17)5-10(8)15/h1-5H,17H2. The highest BCUT2D eigenvalue weighted by atomic mass is 35.5. The van der Waals surface area contributed by atoms with Crippen molar-refractivity contribution >= 4 is 28.9 Å². The van der Waals surface area contributed by atoms with Gasteiger partial charge < -0.3 is 5.73 Å². The highest BCUT2D eigenvalue weighted by Crippen LogP contribution is 2.33. The first-order valence-corrected chi connectivity index (χ1v) is 5.44. The van der Waals surface area contributed by atoms with Gasteiger partial charge in [-0.1, -0.05) is 29.3 Å². The van der Waals surface area contributed by atoms with E-state index < -0.39 is 11.6 Å². The van der Waals surface area contributed by atoms with Crippen molar-refractivity contribution in [3.05, 3.63) is 52.0 Å². The molecule has 5 heteroatoms. The number of halogens is 4. The Bertz CT molecular complexity index is 585. The zero-order valence-electron chi connectivity index (χ0n) is 8.48. The van der Waals surface area contributed by atoms with E-state index in [1.54, 1.807) is 6.07 Å². The summed E-state index contributed by atoms with van der Waals surface area (Å²) in [7, 11) is 0. The summed E-state index contributed by atoms with van der Waals surface area (Å²) in [5, 5.41) is 0.677. The molecule has 2 rings (SSSR count). The highest BCUT2D eigenvalue weighted by Gasteiger charge is 2.12. The molecule has 0 aromatic heterocycles. The average molecular weight is 274 g/mol. The lowest BCUT2D eigenvalue weighted by Crippen LogP contribution is -1.95. The molecule has 0 unspecified atom stereocenters. The second-order valence-electron chi connectivity index (χ2n) is 3.48. The Morgan fingerprint density at radius 1 is 0.882 bits per heavy atom. The van der Waals surface area contributed by atoms with E-state index in [2.05, 4.69) is 0 Å². The van der Waals surface area contributed by atoms with Crippen LogP contribution in [0, 0.1) is 11.6 Å². The number of nitrogens with two attached hydrogens (primary N) is 1. The van der Waals surface area contributed by atoms with Crippen LogP contribution in [0.15, 0.2) is 30.3 Å². The normalized spacial score (nSPS) is 10.6. The van der Waals surface area contributed by atoms with E-state index in [1.165, 1.54) is 12.1 Å². The van der Waals surface area contributed by atoms with Crippen LogP contribution in [0.3, 0.4) is 0 Å². The van der Waals surface area contributed by atoms with Crippen molar-refractivity contribution in [1.29, 1.82) is 0 Å². The van der Waals surface area contributed by atoms with Crippen molar-refractivity contribution < 1.29 is 8.78 Å². The van der Waals surface area contributed by atoms with Crippen LogP contribution in [0.25, 0.3) is 11.1 Å². The van der Waals surface area contributed by atoms with Gasteiger partial charge >= 0.3 is 0 Å². The van der Waals surface area contributed by atoms with Crippen molar-refractivity contribution in [3.8, 4) is 11.1 Å². The first-order chi connectivity index (χ1) is 7.99. The van der Waals surface area contributed by atoms with Crippen molar-refractivity contribution in [2.75, 3.05) is 5.73 Å². The first kappa shape index (κ1) is 12.1. The summed E-state index contributed by atoms with van der Waals surface area (Å²) < 4.78 is 27.0. The summed E-state index contributed by atoms with van der Waals surface area (Å²) >= 11 is 11.7. The Labute approximate surface area is 107 Å². The molecule has 0 spiro atoms.